The van der Waals surface area contributed by atoms with E-state index in [-0.39, 0.29) is 24.3 Å². The molecule has 0 amide bonds. The molecule has 0 atom stereocenters. The second-order valence-corrected chi connectivity index (χ2v) is 6.88. The summed E-state index contributed by atoms with van der Waals surface area (Å²) in [6.45, 7) is 2.10. The van der Waals surface area contributed by atoms with Gasteiger partial charge in [0.15, 0.2) is 0 Å². The number of fused-ring (bicyclic) bond motifs is 1. The van der Waals surface area contributed by atoms with E-state index in [1.54, 1.807) is 25.1 Å². The van der Waals surface area contributed by atoms with Crippen molar-refractivity contribution in [2.24, 2.45) is 11.8 Å². The molecule has 1 aliphatic carbocycles. The first-order chi connectivity index (χ1) is 12.2. The number of carbonyl (C=O) groups is 1. The normalized spacial score (nSPS) is 20.9. The summed E-state index contributed by atoms with van der Waals surface area (Å²) >= 11 is 0. The number of rotatable bonds is 4. The van der Waals surface area contributed by atoms with Crippen LogP contribution in [0.5, 0.6) is 5.88 Å². The zero-order valence-corrected chi connectivity index (χ0v) is 14.3. The number of carboxylic acids is 1. The molecular weight excluding hydrogens is 347 g/mol. The van der Waals surface area contributed by atoms with E-state index in [9.17, 15) is 18.0 Å². The number of aromatic carboxylic acids is 1. The van der Waals surface area contributed by atoms with E-state index < -0.39 is 18.1 Å². The largest absolute Gasteiger partial charge is 0.478 e. The molecule has 0 spiro atoms. The number of hydrogen-bond donors (Lipinski definition) is 1. The molecule has 0 saturated heterocycles. The van der Waals surface area contributed by atoms with Crippen LogP contribution in [0.15, 0.2) is 24.3 Å². The van der Waals surface area contributed by atoms with Crippen LogP contribution in [-0.2, 0) is 0 Å². The topological polar surface area (TPSA) is 59.4 Å². The first-order valence-electron chi connectivity index (χ1n) is 8.58. The van der Waals surface area contributed by atoms with Crippen molar-refractivity contribution in [1.29, 1.82) is 0 Å². The van der Waals surface area contributed by atoms with Gasteiger partial charge in [-0.05, 0) is 68.2 Å². The Kier molecular flexibility index (Phi) is 5.07. The van der Waals surface area contributed by atoms with Crippen molar-refractivity contribution in [3.8, 4) is 5.88 Å². The van der Waals surface area contributed by atoms with Gasteiger partial charge in [-0.25, -0.2) is 9.78 Å². The van der Waals surface area contributed by atoms with Crippen LogP contribution in [0.1, 0.15) is 41.7 Å². The molecule has 2 aromatic rings. The second kappa shape index (κ2) is 7.13. The molecule has 1 N–H and O–H groups in total. The Balaban J connectivity index is 1.70. The summed E-state index contributed by atoms with van der Waals surface area (Å²) in [5.41, 5.74) is 0.871. The lowest BCUT2D eigenvalue weighted by Crippen LogP contribution is -2.29. The summed E-state index contributed by atoms with van der Waals surface area (Å²) in [5, 5.41) is 10.5. The molecule has 140 valence electrons. The highest BCUT2D eigenvalue weighted by atomic mass is 19.4. The van der Waals surface area contributed by atoms with Gasteiger partial charge in [-0.3, -0.25) is 0 Å². The van der Waals surface area contributed by atoms with E-state index in [0.717, 1.165) is 0 Å². The standard InChI is InChI=1S/C19H20F3NO3/c1-11-8-14-9-13(18(24)25)4-7-16(14)17(23-11)26-10-12-2-5-15(6-3-12)19(20,21)22/h4,7-9,12,15H,2-3,5-6,10H2,1H3,(H,24,25)/t12-,15-. The molecule has 0 aliphatic heterocycles. The van der Waals surface area contributed by atoms with Gasteiger partial charge in [-0.15, -0.1) is 0 Å². The zero-order chi connectivity index (χ0) is 18.9. The van der Waals surface area contributed by atoms with Gasteiger partial charge in [0.25, 0.3) is 0 Å². The molecule has 4 nitrogen and oxygen atoms in total. The van der Waals surface area contributed by atoms with Gasteiger partial charge in [-0.1, -0.05) is 0 Å². The van der Waals surface area contributed by atoms with Crippen molar-refractivity contribution in [3.05, 3.63) is 35.5 Å². The van der Waals surface area contributed by atoms with E-state index in [1.807, 2.05) is 0 Å². The number of carboxylic acid groups (broad SMARTS) is 1. The minimum atomic E-state index is -4.11. The minimum absolute atomic E-state index is 0.0734. The van der Waals surface area contributed by atoms with Gasteiger partial charge in [0, 0.05) is 11.1 Å². The molecule has 3 rings (SSSR count). The summed E-state index contributed by atoms with van der Waals surface area (Å²) in [6.07, 6.45) is -2.86. The van der Waals surface area contributed by atoms with Gasteiger partial charge >= 0.3 is 12.1 Å². The van der Waals surface area contributed by atoms with E-state index in [4.69, 9.17) is 9.84 Å². The molecule has 1 fully saturated rings. The Morgan fingerprint density at radius 2 is 1.92 bits per heavy atom. The monoisotopic (exact) mass is 367 g/mol. The first kappa shape index (κ1) is 18.5. The van der Waals surface area contributed by atoms with Crippen molar-refractivity contribution in [2.45, 2.75) is 38.8 Å². The average Bonchev–Trinajstić information content (AvgIpc) is 2.58. The molecular formula is C19H20F3NO3. The zero-order valence-electron chi connectivity index (χ0n) is 14.3. The lowest BCUT2D eigenvalue weighted by molar-refractivity contribution is -0.184. The maximum Gasteiger partial charge on any atom is 0.391 e. The van der Waals surface area contributed by atoms with Crippen molar-refractivity contribution >= 4 is 16.7 Å². The number of ether oxygens (including phenoxy) is 1. The van der Waals surface area contributed by atoms with Crippen LogP contribution in [0.25, 0.3) is 10.8 Å². The predicted octanol–water partition coefficient (Wildman–Crippen LogP) is 4.99. The highest BCUT2D eigenvalue weighted by molar-refractivity contribution is 5.96. The molecule has 1 saturated carbocycles. The molecule has 0 bridgehead atoms. The fraction of sp³-hybridized carbons (Fsp3) is 0.474. The van der Waals surface area contributed by atoms with E-state index in [2.05, 4.69) is 4.98 Å². The number of halogens is 3. The number of benzene rings is 1. The third-order valence-electron chi connectivity index (χ3n) is 4.94. The second-order valence-electron chi connectivity index (χ2n) is 6.88. The molecule has 1 aliphatic rings. The molecule has 1 aromatic carbocycles. The summed E-state index contributed by atoms with van der Waals surface area (Å²) < 4.78 is 44.1. The lowest BCUT2D eigenvalue weighted by atomic mass is 9.82. The molecule has 0 unspecified atom stereocenters. The lowest BCUT2D eigenvalue weighted by Gasteiger charge is -2.29. The predicted molar refractivity (Wildman–Crippen MR) is 90.4 cm³/mol. The van der Waals surface area contributed by atoms with E-state index in [0.29, 0.717) is 41.8 Å². The third kappa shape index (κ3) is 4.08. The number of pyridine rings is 1. The van der Waals surface area contributed by atoms with Crippen molar-refractivity contribution in [1.82, 2.24) is 4.98 Å². The number of hydrogen-bond acceptors (Lipinski definition) is 3. The van der Waals surface area contributed by atoms with Crippen LogP contribution >= 0.6 is 0 Å². The summed E-state index contributed by atoms with van der Waals surface area (Å²) in [7, 11) is 0. The third-order valence-corrected chi connectivity index (χ3v) is 4.94. The number of aromatic nitrogens is 1. The summed E-state index contributed by atoms with van der Waals surface area (Å²) in [5.74, 6) is -1.74. The number of alkyl halides is 3. The van der Waals surface area contributed by atoms with Gasteiger partial charge in [0.1, 0.15) is 0 Å². The molecule has 0 radical (unpaired) electrons. The fourth-order valence-electron chi connectivity index (χ4n) is 3.45. The van der Waals surface area contributed by atoms with Crippen molar-refractivity contribution in [3.63, 3.8) is 0 Å². The Hall–Kier alpha value is -2.31. The summed E-state index contributed by atoms with van der Waals surface area (Å²) in [4.78, 5) is 15.5. The van der Waals surface area contributed by atoms with Gasteiger partial charge in [-0.2, -0.15) is 13.2 Å². The van der Waals surface area contributed by atoms with Crippen LogP contribution in [0.2, 0.25) is 0 Å². The van der Waals surface area contributed by atoms with Crippen LogP contribution in [0, 0.1) is 18.8 Å². The average molecular weight is 367 g/mol. The van der Waals surface area contributed by atoms with Crippen LogP contribution in [-0.4, -0.2) is 28.8 Å². The number of aryl methyl sites for hydroxylation is 1. The maximum absolute atomic E-state index is 12.7. The molecule has 1 heterocycles. The molecule has 1 aromatic heterocycles. The van der Waals surface area contributed by atoms with Gasteiger partial charge in [0.2, 0.25) is 5.88 Å². The molecule has 7 heteroatoms. The first-order valence-corrected chi connectivity index (χ1v) is 8.58. The highest BCUT2D eigenvalue weighted by Gasteiger charge is 2.41. The Bertz CT molecular complexity index is 812. The van der Waals surface area contributed by atoms with E-state index in [1.165, 1.54) is 6.07 Å². The SMILES string of the molecule is Cc1cc2cc(C(=O)O)ccc2c(OC[C@H]2CC[C@H](C(F)(F)F)CC2)n1. The Labute approximate surface area is 149 Å². The highest BCUT2D eigenvalue weighted by Crippen LogP contribution is 2.39. The van der Waals surface area contributed by atoms with Crippen molar-refractivity contribution in [2.75, 3.05) is 6.61 Å². The minimum Gasteiger partial charge on any atom is -0.478 e. The van der Waals surface area contributed by atoms with Crippen LogP contribution in [0.3, 0.4) is 0 Å². The summed E-state index contributed by atoms with van der Waals surface area (Å²) in [6, 6.07) is 6.49. The number of nitrogens with zero attached hydrogens (tertiary/aromatic N) is 1. The van der Waals surface area contributed by atoms with Gasteiger partial charge < -0.3 is 9.84 Å². The van der Waals surface area contributed by atoms with Crippen LogP contribution < -0.4 is 4.74 Å². The maximum atomic E-state index is 12.7. The van der Waals surface area contributed by atoms with Crippen LogP contribution in [0.4, 0.5) is 13.2 Å². The molecule has 26 heavy (non-hydrogen) atoms. The van der Waals surface area contributed by atoms with E-state index >= 15 is 0 Å². The Morgan fingerprint density at radius 3 is 2.54 bits per heavy atom. The van der Waals surface area contributed by atoms with Gasteiger partial charge in [0.05, 0.1) is 18.1 Å². The smallest absolute Gasteiger partial charge is 0.391 e. The fourth-order valence-corrected chi connectivity index (χ4v) is 3.45. The quantitative estimate of drug-likeness (QED) is 0.827. The van der Waals surface area contributed by atoms with Crippen molar-refractivity contribution < 1.29 is 27.8 Å². The Morgan fingerprint density at radius 1 is 1.23 bits per heavy atom.